The van der Waals surface area contributed by atoms with E-state index in [9.17, 15) is 9.59 Å². The van der Waals surface area contributed by atoms with Crippen molar-refractivity contribution < 1.29 is 9.59 Å². The van der Waals surface area contributed by atoms with Gasteiger partial charge in [-0.2, -0.15) is 0 Å². The maximum atomic E-state index is 13.6. The van der Waals surface area contributed by atoms with Crippen LogP contribution in [0, 0.1) is 12.3 Å². The molecular formula is C27H27N3O2S. The third-order valence-corrected chi connectivity index (χ3v) is 7.36. The summed E-state index contributed by atoms with van der Waals surface area (Å²) >= 11 is 1.45. The van der Waals surface area contributed by atoms with E-state index in [0.717, 1.165) is 44.7 Å². The number of carbonyl (C=O) groups is 2. The number of thiazole rings is 1. The van der Waals surface area contributed by atoms with Crippen LogP contribution in [0.15, 0.2) is 71.1 Å². The Labute approximate surface area is 197 Å². The highest BCUT2D eigenvalue weighted by atomic mass is 32.1. The Bertz CT molecular complexity index is 1310. The number of carbonyl (C=O) groups excluding carboxylic acids is 2. The molecule has 3 aromatic rings. The summed E-state index contributed by atoms with van der Waals surface area (Å²) in [5.74, 6) is -0.522. The fourth-order valence-electron chi connectivity index (χ4n) is 4.92. The van der Waals surface area contributed by atoms with E-state index >= 15 is 0 Å². The third-order valence-electron chi connectivity index (χ3n) is 6.41. The van der Waals surface area contributed by atoms with E-state index in [2.05, 4.69) is 29.5 Å². The van der Waals surface area contributed by atoms with Crippen LogP contribution < -0.4 is 10.6 Å². The molecule has 168 valence electrons. The second-order valence-corrected chi connectivity index (χ2v) is 10.8. The fourth-order valence-corrected chi connectivity index (χ4v) is 5.78. The van der Waals surface area contributed by atoms with Crippen molar-refractivity contribution >= 4 is 38.4 Å². The molecule has 2 N–H and O–H groups in total. The van der Waals surface area contributed by atoms with Gasteiger partial charge in [0.25, 0.3) is 5.91 Å². The fraction of sp³-hybridized carbons (Fsp3) is 0.296. The van der Waals surface area contributed by atoms with E-state index < -0.39 is 5.92 Å². The van der Waals surface area contributed by atoms with Crippen LogP contribution in [0.1, 0.15) is 50.7 Å². The number of allylic oxidation sites excluding steroid dienone is 3. The van der Waals surface area contributed by atoms with Crippen LogP contribution in [0.5, 0.6) is 0 Å². The standard InChI is InChI=1S/C27H27N3O2S/c1-15-9-11-17(12-10-15)23-22(16(2)28-19-13-27(3,4)14-20(31)24(19)23)25(32)30-26-29-18-7-5-6-8-21(18)33-26/h5-12,23,28H,13-14H2,1-4H3,(H,29,30,32). The van der Waals surface area contributed by atoms with Gasteiger partial charge in [0.15, 0.2) is 10.9 Å². The van der Waals surface area contributed by atoms with Gasteiger partial charge in [0, 0.05) is 34.9 Å². The van der Waals surface area contributed by atoms with Gasteiger partial charge in [0.1, 0.15) is 0 Å². The minimum absolute atomic E-state index is 0.108. The summed E-state index contributed by atoms with van der Waals surface area (Å²) in [5, 5.41) is 6.98. The van der Waals surface area contributed by atoms with Gasteiger partial charge in [-0.3, -0.25) is 14.9 Å². The highest BCUT2D eigenvalue weighted by Gasteiger charge is 2.42. The summed E-state index contributed by atoms with van der Waals surface area (Å²) in [5.41, 5.74) is 5.86. The molecule has 0 spiro atoms. The summed E-state index contributed by atoms with van der Waals surface area (Å²) in [6.45, 7) is 8.19. The number of hydrogen-bond donors (Lipinski definition) is 2. The number of para-hydroxylation sites is 1. The molecule has 0 saturated heterocycles. The lowest BCUT2D eigenvalue weighted by molar-refractivity contribution is -0.118. The number of nitrogens with zero attached hydrogens (tertiary/aromatic N) is 1. The van der Waals surface area contributed by atoms with Crippen LogP contribution in [0.2, 0.25) is 0 Å². The number of aryl methyl sites for hydroxylation is 1. The lowest BCUT2D eigenvalue weighted by Gasteiger charge is -2.39. The number of fused-ring (bicyclic) bond motifs is 1. The number of benzene rings is 2. The van der Waals surface area contributed by atoms with Gasteiger partial charge in [0.2, 0.25) is 0 Å². The number of nitrogens with one attached hydrogen (secondary N) is 2. The normalized spacial score (nSPS) is 20.0. The Balaban J connectivity index is 1.57. The van der Waals surface area contributed by atoms with Crippen molar-refractivity contribution in [3.05, 3.63) is 82.2 Å². The number of rotatable bonds is 3. The van der Waals surface area contributed by atoms with Crippen molar-refractivity contribution in [3.8, 4) is 0 Å². The number of amides is 1. The summed E-state index contributed by atoms with van der Waals surface area (Å²) in [7, 11) is 0. The molecule has 0 radical (unpaired) electrons. The Morgan fingerprint density at radius 3 is 2.55 bits per heavy atom. The molecule has 5 rings (SSSR count). The first-order valence-corrected chi connectivity index (χ1v) is 12.0. The minimum Gasteiger partial charge on any atom is -0.362 e. The monoisotopic (exact) mass is 457 g/mol. The number of dihydropyridines is 1. The number of anilines is 1. The largest absolute Gasteiger partial charge is 0.362 e. The molecule has 5 nitrogen and oxygen atoms in total. The second kappa shape index (κ2) is 7.96. The van der Waals surface area contributed by atoms with E-state index in [4.69, 9.17) is 0 Å². The average Bonchev–Trinajstić information content (AvgIpc) is 3.14. The van der Waals surface area contributed by atoms with E-state index in [-0.39, 0.29) is 17.1 Å². The number of Topliss-reactive ketones (excluding diaryl/α,β-unsaturated/α-hetero) is 1. The van der Waals surface area contributed by atoms with E-state index in [1.807, 2.05) is 62.4 Å². The predicted molar refractivity (Wildman–Crippen MR) is 133 cm³/mol. The van der Waals surface area contributed by atoms with Gasteiger partial charge in [-0.1, -0.05) is 67.1 Å². The number of hydrogen-bond acceptors (Lipinski definition) is 5. The lowest BCUT2D eigenvalue weighted by atomic mass is 9.68. The molecule has 2 heterocycles. The van der Waals surface area contributed by atoms with E-state index in [1.54, 1.807) is 0 Å². The van der Waals surface area contributed by atoms with Crippen molar-refractivity contribution in [3.63, 3.8) is 0 Å². The molecule has 1 amide bonds. The Kier molecular flexibility index (Phi) is 5.20. The molecule has 2 aromatic carbocycles. The zero-order valence-corrected chi connectivity index (χ0v) is 20.1. The summed E-state index contributed by atoms with van der Waals surface area (Å²) < 4.78 is 1.02. The van der Waals surface area contributed by atoms with Crippen LogP contribution in [-0.4, -0.2) is 16.7 Å². The Morgan fingerprint density at radius 2 is 1.82 bits per heavy atom. The van der Waals surface area contributed by atoms with Crippen molar-refractivity contribution in [2.24, 2.45) is 5.41 Å². The van der Waals surface area contributed by atoms with Gasteiger partial charge in [-0.15, -0.1) is 0 Å². The Morgan fingerprint density at radius 1 is 1.09 bits per heavy atom. The number of aromatic nitrogens is 1. The first kappa shape index (κ1) is 21.6. The molecule has 0 fully saturated rings. The summed E-state index contributed by atoms with van der Waals surface area (Å²) in [6, 6.07) is 15.9. The van der Waals surface area contributed by atoms with Gasteiger partial charge in [0.05, 0.1) is 10.2 Å². The maximum Gasteiger partial charge on any atom is 0.256 e. The number of ketones is 1. The Hall–Kier alpha value is -3.25. The third kappa shape index (κ3) is 4.00. The van der Waals surface area contributed by atoms with Crippen LogP contribution >= 0.6 is 11.3 Å². The molecule has 1 unspecified atom stereocenters. The van der Waals surface area contributed by atoms with Crippen molar-refractivity contribution in [2.75, 3.05) is 5.32 Å². The van der Waals surface area contributed by atoms with Gasteiger partial charge >= 0.3 is 0 Å². The SMILES string of the molecule is CC1=C(C(=O)Nc2nc3ccccc3s2)C(c2ccc(C)cc2)C2=C(CC(C)(C)CC2=O)N1. The van der Waals surface area contributed by atoms with Crippen molar-refractivity contribution in [2.45, 2.75) is 46.5 Å². The van der Waals surface area contributed by atoms with Crippen molar-refractivity contribution in [1.82, 2.24) is 10.3 Å². The summed E-state index contributed by atoms with van der Waals surface area (Å²) in [6.07, 6.45) is 1.25. The topological polar surface area (TPSA) is 71.1 Å². The first-order valence-electron chi connectivity index (χ1n) is 11.2. The zero-order chi connectivity index (χ0) is 23.3. The molecule has 33 heavy (non-hydrogen) atoms. The minimum atomic E-state index is -0.403. The molecule has 1 aromatic heterocycles. The van der Waals surface area contributed by atoms with Crippen LogP contribution in [0.4, 0.5) is 5.13 Å². The molecule has 0 saturated carbocycles. The summed E-state index contributed by atoms with van der Waals surface area (Å²) in [4.78, 5) is 31.6. The molecule has 1 aliphatic carbocycles. The van der Waals surface area contributed by atoms with Gasteiger partial charge < -0.3 is 5.32 Å². The average molecular weight is 458 g/mol. The van der Waals surface area contributed by atoms with Crippen LogP contribution in [-0.2, 0) is 9.59 Å². The van der Waals surface area contributed by atoms with Gasteiger partial charge in [-0.05, 0) is 43.4 Å². The smallest absolute Gasteiger partial charge is 0.256 e. The van der Waals surface area contributed by atoms with E-state index in [1.165, 1.54) is 11.3 Å². The maximum absolute atomic E-state index is 13.6. The van der Waals surface area contributed by atoms with Crippen molar-refractivity contribution in [1.29, 1.82) is 0 Å². The highest BCUT2D eigenvalue weighted by Crippen LogP contribution is 2.46. The quantitative estimate of drug-likeness (QED) is 0.518. The highest BCUT2D eigenvalue weighted by molar-refractivity contribution is 7.22. The molecule has 2 aliphatic rings. The van der Waals surface area contributed by atoms with Gasteiger partial charge in [-0.25, -0.2) is 4.98 Å². The predicted octanol–water partition coefficient (Wildman–Crippen LogP) is 5.85. The lowest BCUT2D eigenvalue weighted by Crippen LogP contribution is -2.39. The van der Waals surface area contributed by atoms with Crippen LogP contribution in [0.3, 0.4) is 0 Å². The molecule has 1 aliphatic heterocycles. The van der Waals surface area contributed by atoms with E-state index in [0.29, 0.717) is 17.1 Å². The molecule has 0 bridgehead atoms. The molecular weight excluding hydrogens is 430 g/mol. The first-order chi connectivity index (χ1) is 15.7. The molecule has 6 heteroatoms. The van der Waals surface area contributed by atoms with Crippen LogP contribution in [0.25, 0.3) is 10.2 Å². The second-order valence-electron chi connectivity index (χ2n) is 9.78. The zero-order valence-electron chi connectivity index (χ0n) is 19.3. The molecule has 1 atom stereocenters.